The highest BCUT2D eigenvalue weighted by atomic mass is 16.6. The molecule has 0 aromatic rings. The molecule has 0 N–H and O–H groups in total. The number of unbranched alkanes of at least 4 members (excludes halogenated alkanes) is 48. The molecule has 0 aromatic heterocycles. The van der Waals surface area contributed by atoms with Gasteiger partial charge < -0.3 is 14.2 Å². The summed E-state index contributed by atoms with van der Waals surface area (Å²) in [6, 6.07) is 0. The Labute approximate surface area is 431 Å². The Kier molecular flexibility index (Phi) is 57.6. The highest BCUT2D eigenvalue weighted by Crippen LogP contribution is 2.18. The minimum Gasteiger partial charge on any atom is -0.462 e. The lowest BCUT2D eigenvalue weighted by Gasteiger charge is -2.18. The molecule has 6 nitrogen and oxygen atoms in total. The zero-order valence-corrected chi connectivity index (χ0v) is 47.1. The molecule has 0 aliphatic rings. The topological polar surface area (TPSA) is 78.9 Å². The van der Waals surface area contributed by atoms with Gasteiger partial charge in [-0.1, -0.05) is 329 Å². The maximum atomic E-state index is 12.9. The van der Waals surface area contributed by atoms with Gasteiger partial charge in [-0.2, -0.15) is 0 Å². The Morgan fingerprint density at radius 3 is 0.580 bits per heavy atom. The molecule has 0 aliphatic heterocycles. The fourth-order valence-corrected chi connectivity index (χ4v) is 9.86. The summed E-state index contributed by atoms with van der Waals surface area (Å²) in [5.74, 6) is -0.832. The van der Waals surface area contributed by atoms with Crippen LogP contribution < -0.4 is 0 Å². The van der Waals surface area contributed by atoms with Gasteiger partial charge in [-0.25, -0.2) is 0 Å². The third-order valence-electron chi connectivity index (χ3n) is 14.6. The summed E-state index contributed by atoms with van der Waals surface area (Å²) in [6.07, 6.45) is 67.0. The molecule has 0 rings (SSSR count). The van der Waals surface area contributed by atoms with Gasteiger partial charge in [0.05, 0.1) is 0 Å². The van der Waals surface area contributed by atoms with Gasteiger partial charge >= 0.3 is 17.9 Å². The minimum absolute atomic E-state index is 0.0611. The van der Waals surface area contributed by atoms with Crippen LogP contribution in [0.15, 0.2) is 0 Å². The van der Waals surface area contributed by atoms with E-state index < -0.39 is 6.10 Å². The normalized spacial score (nSPS) is 11.9. The molecule has 0 saturated carbocycles. The average Bonchev–Trinajstić information content (AvgIpc) is 3.35. The molecule has 0 spiro atoms. The van der Waals surface area contributed by atoms with Crippen LogP contribution in [0.3, 0.4) is 0 Å². The second-order valence-corrected chi connectivity index (χ2v) is 21.7. The molecule has 0 fully saturated rings. The van der Waals surface area contributed by atoms with Gasteiger partial charge in [0.1, 0.15) is 13.2 Å². The summed E-state index contributed by atoms with van der Waals surface area (Å²) >= 11 is 0. The molecule has 0 aliphatic carbocycles. The van der Waals surface area contributed by atoms with Gasteiger partial charge in [0, 0.05) is 19.3 Å². The largest absolute Gasteiger partial charge is 0.462 e. The maximum absolute atomic E-state index is 12.9. The van der Waals surface area contributed by atoms with Crippen molar-refractivity contribution in [3.63, 3.8) is 0 Å². The van der Waals surface area contributed by atoms with Gasteiger partial charge in [-0.3, -0.25) is 14.4 Å². The first-order valence-corrected chi connectivity index (χ1v) is 31.5. The quantitative estimate of drug-likeness (QED) is 0.0343. The van der Waals surface area contributed by atoms with Crippen LogP contribution in [0.5, 0.6) is 0 Å². The molecule has 0 saturated heterocycles. The second-order valence-electron chi connectivity index (χ2n) is 21.7. The van der Waals surface area contributed by atoms with E-state index in [4.69, 9.17) is 14.2 Å². The van der Waals surface area contributed by atoms with E-state index in [0.717, 1.165) is 57.8 Å². The van der Waals surface area contributed by atoms with E-state index >= 15 is 0 Å². The van der Waals surface area contributed by atoms with Crippen molar-refractivity contribution in [3.8, 4) is 0 Å². The van der Waals surface area contributed by atoms with Gasteiger partial charge in [0.15, 0.2) is 6.10 Å². The first-order chi connectivity index (χ1) is 34.0. The molecule has 69 heavy (non-hydrogen) atoms. The Balaban J connectivity index is 4.12. The highest BCUT2D eigenvalue weighted by Gasteiger charge is 2.19. The molecular formula is C63H122O6. The van der Waals surface area contributed by atoms with Crippen LogP contribution in [0.4, 0.5) is 0 Å². The summed E-state index contributed by atoms with van der Waals surface area (Å²) in [7, 11) is 0. The zero-order chi connectivity index (χ0) is 50.0. The molecule has 410 valence electrons. The minimum atomic E-state index is -0.761. The number of hydrogen-bond donors (Lipinski definition) is 0. The van der Waals surface area contributed by atoms with E-state index in [9.17, 15) is 14.4 Å². The van der Waals surface area contributed by atoms with Crippen molar-refractivity contribution in [1.29, 1.82) is 0 Å². The summed E-state index contributed by atoms with van der Waals surface area (Å²) in [6.45, 7) is 6.70. The zero-order valence-electron chi connectivity index (χ0n) is 47.1. The monoisotopic (exact) mass is 975 g/mol. The molecule has 0 bridgehead atoms. The van der Waals surface area contributed by atoms with Crippen molar-refractivity contribution in [2.45, 2.75) is 374 Å². The Hall–Kier alpha value is -1.59. The van der Waals surface area contributed by atoms with Gasteiger partial charge in [-0.15, -0.1) is 0 Å². The molecule has 0 heterocycles. The first kappa shape index (κ1) is 67.4. The van der Waals surface area contributed by atoms with E-state index in [0.29, 0.717) is 19.3 Å². The molecule has 0 amide bonds. The number of ether oxygens (including phenoxy) is 3. The van der Waals surface area contributed by atoms with Crippen molar-refractivity contribution < 1.29 is 28.6 Å². The van der Waals surface area contributed by atoms with Crippen LogP contribution in [-0.2, 0) is 28.6 Å². The molecular weight excluding hydrogens is 853 g/mol. The van der Waals surface area contributed by atoms with Crippen LogP contribution >= 0.6 is 0 Å². The van der Waals surface area contributed by atoms with E-state index in [1.807, 2.05) is 0 Å². The SMILES string of the molecule is CCCCCCCCCCCCCCCCCCCCCCCCCCC(=O)OCC(COC(=O)CCCCCCCCCCC)OC(=O)CCCCCCCCCCCCCCCCCCCC. The van der Waals surface area contributed by atoms with Crippen LogP contribution in [0.1, 0.15) is 367 Å². The number of carbonyl (C=O) groups is 3. The number of carbonyl (C=O) groups excluding carboxylic acids is 3. The van der Waals surface area contributed by atoms with Crippen LogP contribution in [-0.4, -0.2) is 37.2 Å². The van der Waals surface area contributed by atoms with Gasteiger partial charge in [0.25, 0.3) is 0 Å². The lowest BCUT2D eigenvalue weighted by atomic mass is 10.0. The molecule has 6 heteroatoms. The summed E-state index contributed by atoms with van der Waals surface area (Å²) in [5, 5.41) is 0. The Morgan fingerprint density at radius 1 is 0.232 bits per heavy atom. The van der Waals surface area contributed by atoms with E-state index in [1.165, 1.54) is 270 Å². The first-order valence-electron chi connectivity index (χ1n) is 31.5. The Bertz CT molecular complexity index is 1030. The summed E-state index contributed by atoms with van der Waals surface area (Å²) in [4.78, 5) is 38.1. The Morgan fingerprint density at radius 2 is 0.391 bits per heavy atom. The van der Waals surface area contributed by atoms with Crippen LogP contribution in [0.25, 0.3) is 0 Å². The smallest absolute Gasteiger partial charge is 0.306 e. The van der Waals surface area contributed by atoms with Crippen LogP contribution in [0.2, 0.25) is 0 Å². The number of esters is 3. The fourth-order valence-electron chi connectivity index (χ4n) is 9.86. The van der Waals surface area contributed by atoms with Gasteiger partial charge in [0.2, 0.25) is 0 Å². The number of hydrogen-bond acceptors (Lipinski definition) is 6. The van der Waals surface area contributed by atoms with Crippen molar-refractivity contribution in [3.05, 3.63) is 0 Å². The lowest BCUT2D eigenvalue weighted by Crippen LogP contribution is -2.30. The molecule has 0 aromatic carbocycles. The van der Waals surface area contributed by atoms with Crippen molar-refractivity contribution >= 4 is 17.9 Å². The maximum Gasteiger partial charge on any atom is 0.306 e. The third-order valence-corrected chi connectivity index (χ3v) is 14.6. The van der Waals surface area contributed by atoms with Crippen molar-refractivity contribution in [1.82, 2.24) is 0 Å². The predicted molar refractivity (Wildman–Crippen MR) is 298 cm³/mol. The molecule has 0 radical (unpaired) electrons. The second kappa shape index (κ2) is 59.0. The van der Waals surface area contributed by atoms with Gasteiger partial charge in [-0.05, 0) is 19.3 Å². The average molecular weight is 976 g/mol. The molecule has 1 unspecified atom stereocenters. The predicted octanol–water partition coefficient (Wildman–Crippen LogP) is 21.1. The van der Waals surface area contributed by atoms with E-state index in [2.05, 4.69) is 20.8 Å². The lowest BCUT2D eigenvalue weighted by molar-refractivity contribution is -0.167. The summed E-state index contributed by atoms with van der Waals surface area (Å²) < 4.78 is 16.9. The van der Waals surface area contributed by atoms with Crippen molar-refractivity contribution in [2.75, 3.05) is 13.2 Å². The third kappa shape index (κ3) is 57.2. The number of rotatable bonds is 59. The van der Waals surface area contributed by atoms with Crippen LogP contribution in [0, 0.1) is 0 Å². The summed E-state index contributed by atoms with van der Waals surface area (Å²) in [5.41, 5.74) is 0. The fraction of sp³-hybridized carbons (Fsp3) is 0.952. The molecule has 1 atom stereocenters. The highest BCUT2D eigenvalue weighted by molar-refractivity contribution is 5.71. The van der Waals surface area contributed by atoms with E-state index in [1.54, 1.807) is 0 Å². The van der Waals surface area contributed by atoms with E-state index in [-0.39, 0.29) is 31.1 Å². The standard InChI is InChI=1S/C63H122O6/c1-4-7-10-13-16-19-21-23-25-27-29-30-31-32-33-34-36-37-39-41-44-47-50-53-56-62(65)68-59-60(58-67-61(64)55-52-49-46-43-18-15-12-9-6-3)69-63(66)57-54-51-48-45-42-40-38-35-28-26-24-22-20-17-14-11-8-5-2/h60H,4-59H2,1-3H3. The van der Waals surface area contributed by atoms with Crippen molar-refractivity contribution in [2.24, 2.45) is 0 Å².